The van der Waals surface area contributed by atoms with E-state index in [0.717, 1.165) is 37.7 Å². The molecule has 0 aliphatic heterocycles. The molecule has 0 unspecified atom stereocenters. The highest BCUT2D eigenvalue weighted by atomic mass is 35.5. The molecule has 4 N–H and O–H groups in total. The van der Waals surface area contributed by atoms with Gasteiger partial charge in [0, 0.05) is 23.7 Å². The van der Waals surface area contributed by atoms with Crippen LogP contribution in [0.5, 0.6) is 0 Å². The lowest BCUT2D eigenvalue weighted by molar-refractivity contribution is -0.146. The minimum absolute atomic E-state index is 0.146. The van der Waals surface area contributed by atoms with Gasteiger partial charge in [-0.15, -0.1) is 11.3 Å². The van der Waals surface area contributed by atoms with E-state index in [-0.39, 0.29) is 32.2 Å². The highest BCUT2D eigenvalue weighted by Crippen LogP contribution is 2.38. The molecule has 0 spiro atoms. The third-order valence-electron chi connectivity index (χ3n) is 6.63. The molecule has 0 radical (unpaired) electrons. The minimum atomic E-state index is -1.45. The summed E-state index contributed by atoms with van der Waals surface area (Å²) in [6.45, 7) is 1.55. The van der Waals surface area contributed by atoms with Gasteiger partial charge in [0.05, 0.1) is 27.5 Å². The number of carboxylic acid groups (broad SMARTS) is 1. The van der Waals surface area contributed by atoms with Crippen LogP contribution in [-0.4, -0.2) is 38.3 Å². The number of hydrogen-bond acceptors (Lipinski definition) is 5. The molecule has 0 bridgehead atoms. The highest BCUT2D eigenvalue weighted by Gasteiger charge is 2.43. The van der Waals surface area contributed by atoms with Crippen molar-refractivity contribution in [3.05, 3.63) is 52.3 Å². The van der Waals surface area contributed by atoms with E-state index in [9.17, 15) is 19.5 Å². The number of para-hydroxylation sites is 1. The number of anilines is 2. The van der Waals surface area contributed by atoms with Crippen LogP contribution in [0, 0.1) is 5.92 Å². The Kier molecular flexibility index (Phi) is 8.11. The Labute approximate surface area is 228 Å². The maximum absolute atomic E-state index is 13.5. The molecule has 12 heteroatoms. The Bertz CT molecular complexity index is 1310. The number of aromatic nitrogens is 2. The number of benzene rings is 1. The minimum Gasteiger partial charge on any atom is -0.480 e. The number of urea groups is 1. The highest BCUT2D eigenvalue weighted by molar-refractivity contribution is 7.20. The van der Waals surface area contributed by atoms with Gasteiger partial charge >= 0.3 is 12.0 Å². The molecule has 1 saturated carbocycles. The van der Waals surface area contributed by atoms with Crippen molar-refractivity contribution < 1.29 is 19.5 Å². The molecule has 0 saturated heterocycles. The van der Waals surface area contributed by atoms with Crippen molar-refractivity contribution in [1.29, 1.82) is 0 Å². The zero-order chi connectivity index (χ0) is 26.7. The monoisotopic (exact) mass is 563 g/mol. The van der Waals surface area contributed by atoms with Crippen LogP contribution in [0.2, 0.25) is 10.0 Å². The summed E-state index contributed by atoms with van der Waals surface area (Å²) in [5.74, 6) is -1.87. The molecule has 1 fully saturated rings. The predicted molar refractivity (Wildman–Crippen MR) is 146 cm³/mol. The molecule has 2 heterocycles. The summed E-state index contributed by atoms with van der Waals surface area (Å²) >= 11 is 13.5. The standard InChI is InChI=1S/C25H27Cl2N5O4S/c1-25(23(34)35,15-7-4-3-5-8-15)31-21(33)16-11-19(14-12-28-32(2)13-14)37-22(16)30-24(36)29-20-17(26)9-6-10-18(20)27/h6,9-13,15H,3-5,7-8H2,1-2H3,(H,31,33)(H,34,35)(H2,29,30,36)/t25-/m0/s1. The van der Waals surface area contributed by atoms with Gasteiger partial charge < -0.3 is 15.7 Å². The summed E-state index contributed by atoms with van der Waals surface area (Å²) in [5, 5.41) is 23.1. The van der Waals surface area contributed by atoms with E-state index in [1.807, 2.05) is 0 Å². The van der Waals surface area contributed by atoms with Gasteiger partial charge in [-0.25, -0.2) is 9.59 Å². The lowest BCUT2D eigenvalue weighted by Gasteiger charge is -2.37. The molecule has 9 nitrogen and oxygen atoms in total. The molecule has 37 heavy (non-hydrogen) atoms. The Morgan fingerprint density at radius 2 is 1.81 bits per heavy atom. The molecule has 3 aromatic rings. The largest absolute Gasteiger partial charge is 0.480 e. The maximum atomic E-state index is 13.5. The fraction of sp³-hybridized carbons (Fsp3) is 0.360. The first-order chi connectivity index (χ1) is 17.6. The van der Waals surface area contributed by atoms with Gasteiger partial charge in [0.25, 0.3) is 5.91 Å². The van der Waals surface area contributed by atoms with Crippen LogP contribution in [-0.2, 0) is 11.8 Å². The van der Waals surface area contributed by atoms with Crippen LogP contribution in [0.25, 0.3) is 10.4 Å². The molecule has 196 valence electrons. The topological polar surface area (TPSA) is 125 Å². The molecular weight excluding hydrogens is 537 g/mol. The second-order valence-electron chi connectivity index (χ2n) is 9.23. The zero-order valence-corrected chi connectivity index (χ0v) is 22.6. The number of nitrogens with one attached hydrogen (secondary N) is 3. The first-order valence-electron chi connectivity index (χ1n) is 11.8. The van der Waals surface area contributed by atoms with E-state index in [1.54, 1.807) is 55.3 Å². The number of carbonyl (C=O) groups is 3. The number of carbonyl (C=O) groups excluding carboxylic acids is 2. The molecule has 3 amide bonds. The van der Waals surface area contributed by atoms with Crippen LogP contribution in [0.4, 0.5) is 15.5 Å². The second kappa shape index (κ2) is 11.1. The summed E-state index contributed by atoms with van der Waals surface area (Å²) in [4.78, 5) is 39.4. The second-order valence-corrected chi connectivity index (χ2v) is 11.1. The summed E-state index contributed by atoms with van der Waals surface area (Å²) in [7, 11) is 1.77. The van der Waals surface area contributed by atoms with Crippen molar-refractivity contribution in [3.63, 3.8) is 0 Å². The Hall–Kier alpha value is -3.08. The summed E-state index contributed by atoms with van der Waals surface area (Å²) in [6.07, 6.45) is 7.76. The molecule has 4 rings (SSSR count). The van der Waals surface area contributed by atoms with Gasteiger partial charge in [0.15, 0.2) is 0 Å². The molecule has 1 aromatic carbocycles. The van der Waals surface area contributed by atoms with E-state index in [2.05, 4.69) is 21.0 Å². The number of hydrogen-bond donors (Lipinski definition) is 4. The Morgan fingerprint density at radius 3 is 2.41 bits per heavy atom. The van der Waals surface area contributed by atoms with Gasteiger partial charge in [-0.3, -0.25) is 14.8 Å². The van der Waals surface area contributed by atoms with E-state index in [0.29, 0.717) is 4.88 Å². The van der Waals surface area contributed by atoms with Crippen molar-refractivity contribution >= 4 is 63.1 Å². The van der Waals surface area contributed by atoms with Crippen LogP contribution in [0.3, 0.4) is 0 Å². The summed E-state index contributed by atoms with van der Waals surface area (Å²) in [6, 6.07) is 5.80. The first-order valence-corrected chi connectivity index (χ1v) is 13.4. The average Bonchev–Trinajstić information content (AvgIpc) is 3.48. The lowest BCUT2D eigenvalue weighted by Crippen LogP contribution is -2.57. The van der Waals surface area contributed by atoms with Gasteiger partial charge in [-0.1, -0.05) is 48.5 Å². The van der Waals surface area contributed by atoms with Gasteiger partial charge in [0.1, 0.15) is 10.5 Å². The zero-order valence-electron chi connectivity index (χ0n) is 20.3. The lowest BCUT2D eigenvalue weighted by atomic mass is 9.75. The number of rotatable bonds is 7. The molecule has 1 aliphatic rings. The van der Waals surface area contributed by atoms with Gasteiger partial charge in [-0.05, 0) is 43.9 Å². The number of amides is 3. The molecule has 2 aromatic heterocycles. The average molecular weight is 564 g/mol. The van der Waals surface area contributed by atoms with Gasteiger partial charge in [-0.2, -0.15) is 5.10 Å². The van der Waals surface area contributed by atoms with E-state index < -0.39 is 23.4 Å². The fourth-order valence-corrected chi connectivity index (χ4v) is 6.04. The summed E-state index contributed by atoms with van der Waals surface area (Å²) < 4.78 is 1.62. The summed E-state index contributed by atoms with van der Waals surface area (Å²) in [5.41, 5.74) is -0.322. The van der Waals surface area contributed by atoms with E-state index in [1.165, 1.54) is 11.3 Å². The van der Waals surface area contributed by atoms with Crippen LogP contribution < -0.4 is 16.0 Å². The molecule has 1 aliphatic carbocycles. The van der Waals surface area contributed by atoms with Crippen molar-refractivity contribution in [2.75, 3.05) is 10.6 Å². The molecule has 1 atom stereocenters. The fourth-order valence-electron chi connectivity index (χ4n) is 4.52. The van der Waals surface area contributed by atoms with Crippen molar-refractivity contribution in [2.24, 2.45) is 13.0 Å². The van der Waals surface area contributed by atoms with Crippen LogP contribution >= 0.6 is 34.5 Å². The normalized spacial score (nSPS) is 15.6. The van der Waals surface area contributed by atoms with Crippen LogP contribution in [0.1, 0.15) is 49.4 Å². The SMILES string of the molecule is Cn1cc(-c2cc(C(=O)N[C@](C)(C(=O)O)C3CCCCC3)c(NC(=O)Nc3c(Cl)cccc3Cl)s2)cn1. The number of carboxylic acids is 1. The number of aryl methyl sites for hydroxylation is 1. The number of halogens is 2. The van der Waals surface area contributed by atoms with E-state index >= 15 is 0 Å². The van der Waals surface area contributed by atoms with Gasteiger partial charge in [0.2, 0.25) is 0 Å². The number of nitrogens with zero attached hydrogens (tertiary/aromatic N) is 2. The third kappa shape index (κ3) is 5.92. The molecular formula is C25H27Cl2N5O4S. The van der Waals surface area contributed by atoms with E-state index in [4.69, 9.17) is 23.2 Å². The van der Waals surface area contributed by atoms with Crippen molar-refractivity contribution in [1.82, 2.24) is 15.1 Å². The predicted octanol–water partition coefficient (Wildman–Crippen LogP) is 6.25. The number of aliphatic carboxylic acids is 1. The Balaban J connectivity index is 1.64. The first kappa shape index (κ1) is 27.0. The quantitative estimate of drug-likeness (QED) is 0.270. The number of thiophene rings is 1. The maximum Gasteiger partial charge on any atom is 0.329 e. The Morgan fingerprint density at radius 1 is 1.14 bits per heavy atom. The smallest absolute Gasteiger partial charge is 0.329 e. The third-order valence-corrected chi connectivity index (χ3v) is 8.36. The van der Waals surface area contributed by atoms with Crippen LogP contribution in [0.15, 0.2) is 36.7 Å². The van der Waals surface area contributed by atoms with Crippen molar-refractivity contribution in [3.8, 4) is 10.4 Å². The van der Waals surface area contributed by atoms with Crippen molar-refractivity contribution in [2.45, 2.75) is 44.6 Å².